The van der Waals surface area contributed by atoms with E-state index in [9.17, 15) is 5.11 Å². The van der Waals surface area contributed by atoms with Crippen LogP contribution in [0.25, 0.3) is 0 Å². The molecule has 13 heavy (non-hydrogen) atoms. The first-order valence-corrected chi connectivity index (χ1v) is 4.83. The summed E-state index contributed by atoms with van der Waals surface area (Å²) in [6, 6.07) is 2.63. The van der Waals surface area contributed by atoms with Gasteiger partial charge in [0.15, 0.2) is 0 Å². The molecule has 0 aromatic heterocycles. The van der Waals surface area contributed by atoms with Crippen molar-refractivity contribution in [3.63, 3.8) is 0 Å². The van der Waals surface area contributed by atoms with Gasteiger partial charge >= 0.3 is 0 Å². The number of nitrogens with zero attached hydrogens (tertiary/aromatic N) is 2. The largest absolute Gasteiger partial charge is 0.387 e. The minimum absolute atomic E-state index is 0.206. The van der Waals surface area contributed by atoms with Crippen molar-refractivity contribution in [1.29, 1.82) is 5.26 Å². The second-order valence-electron chi connectivity index (χ2n) is 4.39. The second kappa shape index (κ2) is 3.65. The van der Waals surface area contributed by atoms with Crippen LogP contribution in [-0.2, 0) is 0 Å². The molecule has 0 bridgehead atoms. The maximum atomic E-state index is 9.99. The molecule has 1 fully saturated rings. The fraction of sp³-hybridized carbons (Fsp3) is 0.900. The first-order valence-electron chi connectivity index (χ1n) is 4.83. The highest BCUT2D eigenvalue weighted by molar-refractivity contribution is 5.01. The molecule has 1 heterocycles. The van der Waals surface area contributed by atoms with Crippen LogP contribution in [0.2, 0.25) is 0 Å². The van der Waals surface area contributed by atoms with Crippen LogP contribution in [0.4, 0.5) is 0 Å². The predicted molar refractivity (Wildman–Crippen MR) is 51.1 cm³/mol. The van der Waals surface area contributed by atoms with Crippen LogP contribution in [0.15, 0.2) is 0 Å². The van der Waals surface area contributed by atoms with E-state index in [4.69, 9.17) is 5.26 Å². The van der Waals surface area contributed by atoms with Crippen molar-refractivity contribution in [2.24, 2.45) is 5.92 Å². The van der Waals surface area contributed by atoms with Crippen LogP contribution in [0.1, 0.15) is 27.2 Å². The van der Waals surface area contributed by atoms with Crippen molar-refractivity contribution in [3.05, 3.63) is 0 Å². The molecule has 0 spiro atoms. The van der Waals surface area contributed by atoms with Gasteiger partial charge in [0, 0.05) is 12.6 Å². The lowest BCUT2D eigenvalue weighted by Crippen LogP contribution is -2.53. The zero-order chi connectivity index (χ0) is 10.1. The van der Waals surface area contributed by atoms with Gasteiger partial charge in [-0.05, 0) is 33.7 Å². The van der Waals surface area contributed by atoms with Crippen molar-refractivity contribution in [3.8, 4) is 6.07 Å². The van der Waals surface area contributed by atoms with E-state index in [1.807, 2.05) is 0 Å². The summed E-state index contributed by atoms with van der Waals surface area (Å²) in [6.45, 7) is 7.52. The molecule has 3 heteroatoms. The third-order valence-corrected chi connectivity index (χ3v) is 2.87. The maximum Gasteiger partial charge on any atom is 0.0904 e. The normalized spacial score (nSPS) is 36.2. The van der Waals surface area contributed by atoms with E-state index in [1.54, 1.807) is 6.92 Å². The third-order valence-electron chi connectivity index (χ3n) is 2.87. The van der Waals surface area contributed by atoms with Crippen molar-refractivity contribution in [1.82, 2.24) is 4.90 Å². The van der Waals surface area contributed by atoms with Gasteiger partial charge in [-0.3, -0.25) is 4.90 Å². The fourth-order valence-electron chi connectivity index (χ4n) is 1.85. The van der Waals surface area contributed by atoms with Crippen LogP contribution in [0.5, 0.6) is 0 Å². The van der Waals surface area contributed by atoms with Gasteiger partial charge in [-0.1, -0.05) is 0 Å². The molecule has 1 N–H and O–H groups in total. The molecule has 74 valence electrons. The number of piperidine rings is 1. The minimum atomic E-state index is -0.836. The zero-order valence-corrected chi connectivity index (χ0v) is 8.62. The summed E-state index contributed by atoms with van der Waals surface area (Å²) in [6.07, 6.45) is 0.779. The van der Waals surface area contributed by atoms with Crippen LogP contribution < -0.4 is 0 Å². The average Bonchev–Trinajstić information content (AvgIpc) is 2.02. The number of hydrogen-bond donors (Lipinski definition) is 1. The van der Waals surface area contributed by atoms with E-state index in [0.29, 0.717) is 12.6 Å². The molecule has 2 atom stereocenters. The Kier molecular flexibility index (Phi) is 2.94. The van der Waals surface area contributed by atoms with Crippen molar-refractivity contribution in [2.75, 3.05) is 13.1 Å². The van der Waals surface area contributed by atoms with Gasteiger partial charge in [-0.15, -0.1) is 0 Å². The Morgan fingerprint density at radius 1 is 1.62 bits per heavy atom. The fourth-order valence-corrected chi connectivity index (χ4v) is 1.85. The number of aliphatic hydroxyl groups is 1. The summed E-state index contributed by atoms with van der Waals surface area (Å²) >= 11 is 0. The molecule has 1 saturated heterocycles. The average molecular weight is 182 g/mol. The van der Waals surface area contributed by atoms with E-state index in [2.05, 4.69) is 24.8 Å². The van der Waals surface area contributed by atoms with Crippen molar-refractivity contribution < 1.29 is 5.11 Å². The quantitative estimate of drug-likeness (QED) is 0.658. The lowest BCUT2D eigenvalue weighted by atomic mass is 9.83. The molecule has 0 saturated carbocycles. The van der Waals surface area contributed by atoms with Gasteiger partial charge in [-0.2, -0.15) is 5.26 Å². The highest BCUT2D eigenvalue weighted by Gasteiger charge is 2.38. The minimum Gasteiger partial charge on any atom is -0.387 e. The van der Waals surface area contributed by atoms with Crippen LogP contribution in [0, 0.1) is 17.2 Å². The Morgan fingerprint density at radius 3 is 2.62 bits per heavy atom. The highest BCUT2D eigenvalue weighted by Crippen LogP contribution is 2.27. The first-order chi connectivity index (χ1) is 5.97. The van der Waals surface area contributed by atoms with E-state index in [0.717, 1.165) is 13.0 Å². The molecule has 0 radical (unpaired) electrons. The van der Waals surface area contributed by atoms with E-state index in [1.165, 1.54) is 0 Å². The standard InChI is InChI=1S/C10H18N2O/c1-8(2)12-5-4-9(6-11)10(3,13)7-12/h8-9,13H,4-5,7H2,1-3H3. The Balaban J connectivity index is 2.65. The molecule has 3 nitrogen and oxygen atoms in total. The van der Waals surface area contributed by atoms with Gasteiger partial charge in [-0.25, -0.2) is 0 Å². The molecule has 1 aliphatic heterocycles. The van der Waals surface area contributed by atoms with Gasteiger partial charge in [0.25, 0.3) is 0 Å². The molecule has 0 amide bonds. The lowest BCUT2D eigenvalue weighted by molar-refractivity contribution is -0.0521. The molecule has 0 aliphatic carbocycles. The predicted octanol–water partition coefficient (Wildman–Crippen LogP) is 0.991. The monoisotopic (exact) mass is 182 g/mol. The summed E-state index contributed by atoms with van der Waals surface area (Å²) in [5.41, 5.74) is -0.836. The molecular weight excluding hydrogens is 164 g/mol. The summed E-state index contributed by atoms with van der Waals surface area (Å²) in [5, 5.41) is 18.8. The molecule has 0 aromatic carbocycles. The SMILES string of the molecule is CC(C)N1CCC(C#N)C(C)(O)C1. The third kappa shape index (κ3) is 2.20. The Labute approximate surface area is 80.0 Å². The Morgan fingerprint density at radius 2 is 2.23 bits per heavy atom. The Hall–Kier alpha value is -0.590. The summed E-state index contributed by atoms with van der Waals surface area (Å²) in [5.74, 6) is -0.206. The zero-order valence-electron chi connectivity index (χ0n) is 8.62. The first kappa shape index (κ1) is 10.5. The summed E-state index contributed by atoms with van der Waals surface area (Å²) < 4.78 is 0. The summed E-state index contributed by atoms with van der Waals surface area (Å²) in [4.78, 5) is 2.22. The molecule has 1 aliphatic rings. The Bertz CT molecular complexity index is 217. The van der Waals surface area contributed by atoms with Gasteiger partial charge in [0.05, 0.1) is 17.6 Å². The lowest BCUT2D eigenvalue weighted by Gasteiger charge is -2.41. The molecule has 1 rings (SSSR count). The van der Waals surface area contributed by atoms with E-state index in [-0.39, 0.29) is 5.92 Å². The van der Waals surface area contributed by atoms with E-state index >= 15 is 0 Å². The van der Waals surface area contributed by atoms with Gasteiger partial charge < -0.3 is 5.11 Å². The van der Waals surface area contributed by atoms with Crippen molar-refractivity contribution >= 4 is 0 Å². The van der Waals surface area contributed by atoms with Gasteiger partial charge in [0.2, 0.25) is 0 Å². The number of β-amino-alcohol motifs (C(OH)–C–C–N with tert-alkyl or cyclic N) is 1. The molecular formula is C10H18N2O. The van der Waals surface area contributed by atoms with Gasteiger partial charge in [0.1, 0.15) is 0 Å². The highest BCUT2D eigenvalue weighted by atomic mass is 16.3. The van der Waals surface area contributed by atoms with Crippen LogP contribution >= 0.6 is 0 Å². The molecule has 2 unspecified atom stereocenters. The number of likely N-dealkylation sites (tertiary alicyclic amines) is 1. The maximum absolute atomic E-state index is 9.99. The van der Waals surface area contributed by atoms with E-state index < -0.39 is 5.60 Å². The van der Waals surface area contributed by atoms with Crippen LogP contribution in [0.3, 0.4) is 0 Å². The van der Waals surface area contributed by atoms with Crippen LogP contribution in [-0.4, -0.2) is 34.7 Å². The smallest absolute Gasteiger partial charge is 0.0904 e. The van der Waals surface area contributed by atoms with Crippen molar-refractivity contribution in [2.45, 2.75) is 38.8 Å². The number of nitriles is 1. The molecule has 0 aromatic rings. The number of hydrogen-bond acceptors (Lipinski definition) is 3. The summed E-state index contributed by atoms with van der Waals surface area (Å²) in [7, 11) is 0. The topological polar surface area (TPSA) is 47.3 Å². The number of rotatable bonds is 1. The second-order valence-corrected chi connectivity index (χ2v) is 4.39.